The van der Waals surface area contributed by atoms with Crippen LogP contribution >= 0.6 is 0 Å². The number of ketones is 1. The highest BCUT2D eigenvalue weighted by molar-refractivity contribution is 6.11. The Labute approximate surface area is 147 Å². The lowest BCUT2D eigenvalue weighted by atomic mass is 9.75. The third-order valence-corrected chi connectivity index (χ3v) is 4.52. The van der Waals surface area contributed by atoms with Gasteiger partial charge in [-0.25, -0.2) is 0 Å². The maximum atomic E-state index is 12.8. The van der Waals surface area contributed by atoms with E-state index in [1.807, 2.05) is 44.2 Å². The Hall–Kier alpha value is -2.88. The molecule has 2 aromatic carbocycles. The molecule has 1 aliphatic rings. The number of carbonyl (C=O) groups is 2. The summed E-state index contributed by atoms with van der Waals surface area (Å²) in [6.45, 7) is 3.71. The average molecular weight is 336 g/mol. The van der Waals surface area contributed by atoms with Crippen LogP contribution in [0.5, 0.6) is 5.75 Å². The monoisotopic (exact) mass is 336 g/mol. The van der Waals surface area contributed by atoms with Gasteiger partial charge in [-0.3, -0.25) is 9.59 Å². The van der Waals surface area contributed by atoms with Crippen LogP contribution in [0.4, 0.5) is 0 Å². The van der Waals surface area contributed by atoms with Crippen molar-refractivity contribution in [1.82, 2.24) is 0 Å². The van der Waals surface area contributed by atoms with Crippen molar-refractivity contribution in [2.24, 2.45) is 11.3 Å². The first-order valence-corrected chi connectivity index (χ1v) is 8.10. The number of ether oxygens (including phenoxy) is 2. The third-order valence-electron chi connectivity index (χ3n) is 4.52. The molecule has 0 saturated carbocycles. The molecule has 1 heterocycles. The minimum absolute atomic E-state index is 0.218. The van der Waals surface area contributed by atoms with Crippen molar-refractivity contribution >= 4 is 17.8 Å². The maximum Gasteiger partial charge on any atom is 0.322 e. The second kappa shape index (κ2) is 6.55. The standard InChI is InChI=1S/C21H20O4/c1-21(2)17(13-14-8-7-11-16(12-14)24-3)25-20(23)18(21)19(22)15-9-5-4-6-10-15/h4-13,18H,1-3H3/b17-13-. The van der Waals surface area contributed by atoms with E-state index in [2.05, 4.69) is 0 Å². The highest BCUT2D eigenvalue weighted by Crippen LogP contribution is 2.45. The number of benzene rings is 2. The zero-order valence-electron chi connectivity index (χ0n) is 14.5. The molecule has 4 nitrogen and oxygen atoms in total. The summed E-state index contributed by atoms with van der Waals surface area (Å²) in [5, 5.41) is 0. The smallest absolute Gasteiger partial charge is 0.322 e. The second-order valence-corrected chi connectivity index (χ2v) is 6.59. The van der Waals surface area contributed by atoms with E-state index in [9.17, 15) is 9.59 Å². The van der Waals surface area contributed by atoms with Crippen LogP contribution in [0.15, 0.2) is 60.4 Å². The summed E-state index contributed by atoms with van der Waals surface area (Å²) in [7, 11) is 1.60. The van der Waals surface area contributed by atoms with E-state index in [1.54, 1.807) is 37.5 Å². The molecule has 1 unspecified atom stereocenters. The number of cyclic esters (lactones) is 1. The highest BCUT2D eigenvalue weighted by atomic mass is 16.5. The van der Waals surface area contributed by atoms with Crippen molar-refractivity contribution in [1.29, 1.82) is 0 Å². The van der Waals surface area contributed by atoms with E-state index in [-0.39, 0.29) is 5.78 Å². The Morgan fingerprint density at radius 1 is 1.12 bits per heavy atom. The predicted octanol–water partition coefficient (Wildman–Crippen LogP) is 4.12. The zero-order chi connectivity index (χ0) is 18.0. The van der Waals surface area contributed by atoms with Crippen molar-refractivity contribution in [3.63, 3.8) is 0 Å². The summed E-state index contributed by atoms with van der Waals surface area (Å²) in [5.74, 6) is -0.377. The topological polar surface area (TPSA) is 52.6 Å². The summed E-state index contributed by atoms with van der Waals surface area (Å²) < 4.78 is 10.7. The molecular weight excluding hydrogens is 316 g/mol. The summed E-state index contributed by atoms with van der Waals surface area (Å²) >= 11 is 0. The summed E-state index contributed by atoms with van der Waals surface area (Å²) in [5.41, 5.74) is 0.635. The van der Waals surface area contributed by atoms with Gasteiger partial charge in [0.15, 0.2) is 5.78 Å². The molecule has 3 rings (SSSR count). The Kier molecular flexibility index (Phi) is 4.45. The number of allylic oxidation sites excluding steroid dienone is 1. The van der Waals surface area contributed by atoms with Crippen LogP contribution in [0.2, 0.25) is 0 Å². The van der Waals surface area contributed by atoms with E-state index in [4.69, 9.17) is 9.47 Å². The van der Waals surface area contributed by atoms with Crippen molar-refractivity contribution in [3.05, 3.63) is 71.5 Å². The fourth-order valence-corrected chi connectivity index (χ4v) is 3.04. The van der Waals surface area contributed by atoms with Gasteiger partial charge in [0.1, 0.15) is 17.4 Å². The molecule has 0 aliphatic carbocycles. The van der Waals surface area contributed by atoms with E-state index >= 15 is 0 Å². The number of esters is 1. The predicted molar refractivity (Wildman–Crippen MR) is 95.1 cm³/mol. The average Bonchev–Trinajstić information content (AvgIpc) is 2.83. The van der Waals surface area contributed by atoms with Crippen LogP contribution in [0, 0.1) is 11.3 Å². The fraction of sp³-hybridized carbons (Fsp3) is 0.238. The van der Waals surface area contributed by atoms with Crippen molar-refractivity contribution in [2.75, 3.05) is 7.11 Å². The number of hydrogen-bond donors (Lipinski definition) is 0. The first-order chi connectivity index (χ1) is 11.9. The lowest BCUT2D eigenvalue weighted by Crippen LogP contribution is -2.31. The highest BCUT2D eigenvalue weighted by Gasteiger charge is 2.51. The van der Waals surface area contributed by atoms with E-state index < -0.39 is 17.3 Å². The molecular formula is C21H20O4. The SMILES string of the molecule is COc1cccc(/C=C2\OC(=O)C(C(=O)c3ccccc3)C2(C)C)c1. The van der Waals surface area contributed by atoms with Crippen molar-refractivity contribution < 1.29 is 19.1 Å². The first kappa shape index (κ1) is 17.0. The second-order valence-electron chi connectivity index (χ2n) is 6.59. The molecule has 0 spiro atoms. The number of methoxy groups -OCH3 is 1. The van der Waals surface area contributed by atoms with Gasteiger partial charge in [0.25, 0.3) is 0 Å². The van der Waals surface area contributed by atoms with Crippen LogP contribution in [0.25, 0.3) is 6.08 Å². The van der Waals surface area contributed by atoms with Gasteiger partial charge in [-0.2, -0.15) is 0 Å². The van der Waals surface area contributed by atoms with E-state index in [1.165, 1.54) is 0 Å². The fourth-order valence-electron chi connectivity index (χ4n) is 3.04. The molecule has 1 fully saturated rings. The molecule has 1 saturated heterocycles. The van der Waals surface area contributed by atoms with Gasteiger partial charge in [-0.1, -0.05) is 56.3 Å². The van der Waals surface area contributed by atoms with E-state index in [0.29, 0.717) is 17.1 Å². The third kappa shape index (κ3) is 3.20. The van der Waals surface area contributed by atoms with Crippen LogP contribution in [0.1, 0.15) is 29.8 Å². The summed E-state index contributed by atoms with van der Waals surface area (Å²) in [6, 6.07) is 16.3. The minimum atomic E-state index is -0.855. The number of carbonyl (C=O) groups excluding carboxylic acids is 2. The molecule has 2 aromatic rings. The molecule has 1 aliphatic heterocycles. The Bertz CT molecular complexity index is 834. The lowest BCUT2D eigenvalue weighted by Gasteiger charge is -2.22. The van der Waals surface area contributed by atoms with Gasteiger partial charge in [0.2, 0.25) is 0 Å². The Morgan fingerprint density at radius 3 is 2.52 bits per heavy atom. The van der Waals surface area contributed by atoms with Gasteiger partial charge < -0.3 is 9.47 Å². The van der Waals surface area contributed by atoms with Gasteiger partial charge in [-0.15, -0.1) is 0 Å². The normalized spacial score (nSPS) is 20.4. The Balaban J connectivity index is 1.95. The van der Waals surface area contributed by atoms with Crippen molar-refractivity contribution in [3.8, 4) is 5.75 Å². The van der Waals surface area contributed by atoms with Crippen LogP contribution in [0.3, 0.4) is 0 Å². The van der Waals surface area contributed by atoms with Gasteiger partial charge in [0.05, 0.1) is 7.11 Å². The Morgan fingerprint density at radius 2 is 1.84 bits per heavy atom. The van der Waals surface area contributed by atoms with Gasteiger partial charge >= 0.3 is 5.97 Å². The molecule has 4 heteroatoms. The lowest BCUT2D eigenvalue weighted by molar-refractivity contribution is -0.137. The van der Waals surface area contributed by atoms with Crippen molar-refractivity contribution in [2.45, 2.75) is 13.8 Å². The summed E-state index contributed by atoms with van der Waals surface area (Å²) in [4.78, 5) is 25.2. The molecule has 0 amide bonds. The van der Waals surface area contributed by atoms with Gasteiger partial charge in [0, 0.05) is 11.0 Å². The van der Waals surface area contributed by atoms with Gasteiger partial charge in [-0.05, 0) is 23.8 Å². The van der Waals surface area contributed by atoms with Crippen LogP contribution in [-0.2, 0) is 9.53 Å². The molecule has 0 bridgehead atoms. The number of Topliss-reactive ketones (excluding diaryl/α,β-unsaturated/α-hetero) is 1. The zero-order valence-corrected chi connectivity index (χ0v) is 14.5. The minimum Gasteiger partial charge on any atom is -0.497 e. The molecule has 0 radical (unpaired) electrons. The molecule has 128 valence electrons. The molecule has 1 atom stereocenters. The largest absolute Gasteiger partial charge is 0.497 e. The van der Waals surface area contributed by atoms with Crippen LogP contribution in [-0.4, -0.2) is 18.9 Å². The molecule has 0 aromatic heterocycles. The maximum absolute atomic E-state index is 12.8. The summed E-state index contributed by atoms with van der Waals surface area (Å²) in [6.07, 6.45) is 1.79. The number of hydrogen-bond acceptors (Lipinski definition) is 4. The molecule has 0 N–H and O–H groups in total. The first-order valence-electron chi connectivity index (χ1n) is 8.10. The number of rotatable bonds is 4. The molecule has 25 heavy (non-hydrogen) atoms. The van der Waals surface area contributed by atoms with E-state index in [0.717, 1.165) is 5.56 Å². The van der Waals surface area contributed by atoms with Crippen LogP contribution < -0.4 is 4.74 Å². The quantitative estimate of drug-likeness (QED) is 0.479.